The van der Waals surface area contributed by atoms with Crippen LogP contribution in [0, 0.1) is 0 Å². The lowest BCUT2D eigenvalue weighted by Crippen LogP contribution is -2.35. The van der Waals surface area contributed by atoms with Crippen LogP contribution >= 0.6 is 11.8 Å². The van der Waals surface area contributed by atoms with Gasteiger partial charge < -0.3 is 10.1 Å². The van der Waals surface area contributed by atoms with Crippen molar-refractivity contribution in [3.8, 4) is 0 Å². The summed E-state index contributed by atoms with van der Waals surface area (Å²) < 4.78 is 69.4. The van der Waals surface area contributed by atoms with E-state index in [2.05, 4.69) is 15.0 Å². The second kappa shape index (κ2) is 10.2. The van der Waals surface area contributed by atoms with Gasteiger partial charge in [-0.1, -0.05) is 11.8 Å². The van der Waals surface area contributed by atoms with Gasteiger partial charge in [-0.25, -0.2) is 18.1 Å². The van der Waals surface area contributed by atoms with Gasteiger partial charge in [-0.2, -0.15) is 13.2 Å². The van der Waals surface area contributed by atoms with E-state index in [1.54, 1.807) is 6.92 Å². The fourth-order valence-corrected chi connectivity index (χ4v) is 4.18. The van der Waals surface area contributed by atoms with Gasteiger partial charge in [-0.3, -0.25) is 4.79 Å². The average Bonchev–Trinajstić information content (AvgIpc) is 2.66. The summed E-state index contributed by atoms with van der Waals surface area (Å²) in [4.78, 5) is 15.7. The lowest BCUT2D eigenvalue weighted by molar-refractivity contribution is -0.137. The largest absolute Gasteiger partial charge is 0.417 e. The van der Waals surface area contributed by atoms with E-state index in [4.69, 9.17) is 4.74 Å². The highest BCUT2D eigenvalue weighted by Gasteiger charge is 2.30. The highest BCUT2D eigenvalue weighted by molar-refractivity contribution is 7.99. The number of methoxy groups -OCH3 is 1. The van der Waals surface area contributed by atoms with E-state index in [0.717, 1.165) is 17.8 Å². The standard InChI is InChI=1S/C18H20F3N3O4S2/c1-12(10-28-2)24-30(26,27)15-6-4-14(5-7-15)23-16(25)11-29-17-8-3-13(9-22-17)18(19,20)21/h3-9,12,24H,10-11H2,1-2H3,(H,23,25). The molecule has 0 aliphatic rings. The second-order valence-corrected chi connectivity index (χ2v) is 8.93. The first-order valence-corrected chi connectivity index (χ1v) is 11.1. The molecule has 164 valence electrons. The topological polar surface area (TPSA) is 97.4 Å². The third-order valence-corrected chi connectivity index (χ3v) is 6.19. The van der Waals surface area contributed by atoms with Crippen LogP contribution in [-0.2, 0) is 25.7 Å². The third kappa shape index (κ3) is 7.27. The zero-order valence-corrected chi connectivity index (χ0v) is 17.7. The van der Waals surface area contributed by atoms with Gasteiger partial charge in [0.25, 0.3) is 0 Å². The van der Waals surface area contributed by atoms with Gasteiger partial charge in [0.1, 0.15) is 0 Å². The fourth-order valence-electron chi connectivity index (χ4n) is 2.30. The highest BCUT2D eigenvalue weighted by atomic mass is 32.2. The van der Waals surface area contributed by atoms with Gasteiger partial charge in [-0.05, 0) is 43.3 Å². The zero-order chi connectivity index (χ0) is 22.4. The number of thioether (sulfide) groups is 1. The Labute approximate surface area is 176 Å². The Morgan fingerprint density at radius 1 is 1.20 bits per heavy atom. The molecule has 0 bridgehead atoms. The van der Waals surface area contributed by atoms with E-state index in [1.807, 2.05) is 0 Å². The SMILES string of the molecule is COCC(C)NS(=O)(=O)c1ccc(NC(=O)CSc2ccc(C(F)(F)F)cn2)cc1. The number of aromatic nitrogens is 1. The van der Waals surface area contributed by atoms with Crippen LogP contribution in [0.25, 0.3) is 0 Å². The molecule has 1 aromatic heterocycles. The summed E-state index contributed by atoms with van der Waals surface area (Å²) in [5.74, 6) is -0.488. The minimum Gasteiger partial charge on any atom is -0.383 e. The van der Waals surface area contributed by atoms with Crippen LogP contribution in [0.5, 0.6) is 0 Å². The molecule has 0 saturated carbocycles. The molecule has 0 aliphatic heterocycles. The number of pyridine rings is 1. The van der Waals surface area contributed by atoms with Crippen LogP contribution in [0.15, 0.2) is 52.5 Å². The van der Waals surface area contributed by atoms with Crippen LogP contribution < -0.4 is 10.0 Å². The van der Waals surface area contributed by atoms with Gasteiger partial charge in [-0.15, -0.1) is 0 Å². The maximum absolute atomic E-state index is 12.5. The molecule has 1 heterocycles. The van der Waals surface area contributed by atoms with E-state index in [0.29, 0.717) is 11.9 Å². The normalized spacial score (nSPS) is 13.1. The molecule has 0 radical (unpaired) electrons. The van der Waals surface area contributed by atoms with E-state index in [-0.39, 0.29) is 22.3 Å². The van der Waals surface area contributed by atoms with Crippen LogP contribution in [0.1, 0.15) is 12.5 Å². The summed E-state index contributed by atoms with van der Waals surface area (Å²) in [6.45, 7) is 1.89. The van der Waals surface area contributed by atoms with Crippen LogP contribution in [0.2, 0.25) is 0 Å². The van der Waals surface area contributed by atoms with Crippen molar-refractivity contribution >= 4 is 33.4 Å². The summed E-state index contributed by atoms with van der Waals surface area (Å²) in [6.07, 6.45) is -3.76. The Hall–Kier alpha value is -2.15. The Balaban J connectivity index is 1.90. The number of nitrogens with one attached hydrogen (secondary N) is 2. The van der Waals surface area contributed by atoms with Crippen molar-refractivity contribution < 1.29 is 31.1 Å². The number of benzene rings is 1. The van der Waals surface area contributed by atoms with Crippen molar-refractivity contribution in [3.05, 3.63) is 48.2 Å². The minimum atomic E-state index is -4.47. The van der Waals surface area contributed by atoms with Crippen LogP contribution in [-0.4, -0.2) is 44.8 Å². The maximum atomic E-state index is 12.5. The molecule has 1 atom stereocenters. The monoisotopic (exact) mass is 463 g/mol. The van der Waals surface area contributed by atoms with Gasteiger partial charge in [0.2, 0.25) is 15.9 Å². The molecule has 12 heteroatoms. The number of alkyl halides is 3. The molecular formula is C18H20F3N3O4S2. The predicted octanol–water partition coefficient (Wildman–Crippen LogP) is 3.14. The first kappa shape index (κ1) is 24.1. The first-order valence-electron chi connectivity index (χ1n) is 8.58. The number of anilines is 1. The number of nitrogens with zero attached hydrogens (tertiary/aromatic N) is 1. The molecule has 7 nitrogen and oxygen atoms in total. The van der Waals surface area contributed by atoms with Crippen molar-refractivity contribution in [1.82, 2.24) is 9.71 Å². The fraction of sp³-hybridized carbons (Fsp3) is 0.333. The Kier molecular flexibility index (Phi) is 8.24. The highest BCUT2D eigenvalue weighted by Crippen LogP contribution is 2.29. The van der Waals surface area contributed by atoms with Crippen molar-refractivity contribution in [2.24, 2.45) is 0 Å². The maximum Gasteiger partial charge on any atom is 0.417 e. The molecule has 2 rings (SSSR count). The predicted molar refractivity (Wildman–Crippen MR) is 107 cm³/mol. The summed E-state index contributed by atoms with van der Waals surface area (Å²) in [6, 6.07) is 7.26. The number of carbonyl (C=O) groups is 1. The summed E-state index contributed by atoms with van der Waals surface area (Å²) in [7, 11) is -2.26. The molecule has 0 fully saturated rings. The summed E-state index contributed by atoms with van der Waals surface area (Å²) in [5.41, 5.74) is -0.484. The van der Waals surface area contributed by atoms with Gasteiger partial charge in [0.05, 0.1) is 27.8 Å². The van der Waals surface area contributed by atoms with Crippen molar-refractivity contribution in [3.63, 3.8) is 0 Å². The second-order valence-electron chi connectivity index (χ2n) is 6.22. The first-order chi connectivity index (χ1) is 14.0. The number of carbonyl (C=O) groups excluding carboxylic acids is 1. The number of hydrogen-bond donors (Lipinski definition) is 2. The molecule has 1 aromatic carbocycles. The lowest BCUT2D eigenvalue weighted by atomic mass is 10.3. The number of ether oxygens (including phenoxy) is 1. The Bertz CT molecular complexity index is 950. The lowest BCUT2D eigenvalue weighted by Gasteiger charge is -2.13. The molecule has 0 spiro atoms. The molecule has 2 N–H and O–H groups in total. The Morgan fingerprint density at radius 3 is 2.40 bits per heavy atom. The van der Waals surface area contributed by atoms with E-state index in [1.165, 1.54) is 37.4 Å². The number of sulfonamides is 1. The molecule has 1 amide bonds. The van der Waals surface area contributed by atoms with Gasteiger partial charge >= 0.3 is 6.18 Å². The quantitative estimate of drug-likeness (QED) is 0.555. The van der Waals surface area contributed by atoms with Gasteiger partial charge in [0, 0.05) is 25.0 Å². The smallest absolute Gasteiger partial charge is 0.383 e. The molecule has 30 heavy (non-hydrogen) atoms. The van der Waals surface area contributed by atoms with Crippen molar-refractivity contribution in [1.29, 1.82) is 0 Å². The summed E-state index contributed by atoms with van der Waals surface area (Å²) >= 11 is 0.978. The molecule has 0 aliphatic carbocycles. The Morgan fingerprint density at radius 2 is 1.87 bits per heavy atom. The molecule has 1 unspecified atom stereocenters. The molecule has 0 saturated heterocycles. The van der Waals surface area contributed by atoms with E-state index >= 15 is 0 Å². The van der Waals surface area contributed by atoms with Crippen molar-refractivity contribution in [2.75, 3.05) is 24.8 Å². The minimum absolute atomic E-state index is 0.0341. The number of hydrogen-bond acceptors (Lipinski definition) is 6. The zero-order valence-electron chi connectivity index (χ0n) is 16.1. The van der Waals surface area contributed by atoms with Gasteiger partial charge in [0.15, 0.2) is 0 Å². The molecular weight excluding hydrogens is 443 g/mol. The number of halogens is 3. The van der Waals surface area contributed by atoms with Crippen LogP contribution in [0.4, 0.5) is 18.9 Å². The molecule has 2 aromatic rings. The van der Waals surface area contributed by atoms with Crippen LogP contribution in [0.3, 0.4) is 0 Å². The number of amides is 1. The third-order valence-electron chi connectivity index (χ3n) is 3.64. The number of rotatable bonds is 9. The van der Waals surface area contributed by atoms with E-state index in [9.17, 15) is 26.4 Å². The average molecular weight is 464 g/mol. The summed E-state index contributed by atoms with van der Waals surface area (Å²) in [5, 5.41) is 2.86. The van der Waals surface area contributed by atoms with Crippen molar-refractivity contribution in [2.45, 2.75) is 29.1 Å². The van der Waals surface area contributed by atoms with E-state index < -0.39 is 33.7 Å².